The maximum atomic E-state index is 13.8. The summed E-state index contributed by atoms with van der Waals surface area (Å²) in [6, 6.07) is 9.10. The zero-order valence-corrected chi connectivity index (χ0v) is 22.8. The van der Waals surface area contributed by atoms with Crippen LogP contribution < -0.4 is 15.5 Å². The topological polar surface area (TPSA) is 92.9 Å². The molecule has 1 amide bonds. The number of hydrogen-bond acceptors (Lipinski definition) is 6. The molecule has 1 fully saturated rings. The Balaban J connectivity index is 1.41. The van der Waals surface area contributed by atoms with Gasteiger partial charge < -0.3 is 15.5 Å². The van der Waals surface area contributed by atoms with Crippen molar-refractivity contribution in [2.24, 2.45) is 7.05 Å². The predicted octanol–water partition coefficient (Wildman–Crippen LogP) is 4.74. The number of halogens is 3. The molecule has 210 valence electrons. The van der Waals surface area contributed by atoms with Gasteiger partial charge in [0.2, 0.25) is 0 Å². The fourth-order valence-electron chi connectivity index (χ4n) is 4.91. The summed E-state index contributed by atoms with van der Waals surface area (Å²) in [7, 11) is 3.73. The molecular formula is C28H31F3N8O. The van der Waals surface area contributed by atoms with Gasteiger partial charge in [-0.1, -0.05) is 11.3 Å². The quantitative estimate of drug-likeness (QED) is 0.359. The summed E-state index contributed by atoms with van der Waals surface area (Å²) in [5.41, 5.74) is 3.89. The van der Waals surface area contributed by atoms with E-state index in [2.05, 4.69) is 26.0 Å². The lowest BCUT2D eigenvalue weighted by molar-refractivity contribution is -0.137. The highest BCUT2D eigenvalue weighted by Gasteiger charge is 2.32. The first-order valence-corrected chi connectivity index (χ1v) is 13.0. The fourth-order valence-corrected chi connectivity index (χ4v) is 4.91. The highest BCUT2D eigenvalue weighted by atomic mass is 19.4. The van der Waals surface area contributed by atoms with E-state index in [1.807, 2.05) is 32.8 Å². The van der Waals surface area contributed by atoms with Crippen LogP contribution in [0.2, 0.25) is 0 Å². The zero-order valence-electron chi connectivity index (χ0n) is 22.8. The van der Waals surface area contributed by atoms with Crippen molar-refractivity contribution in [3.63, 3.8) is 0 Å². The SMILES string of the molecule is CNC1CCN(c2cc(NC(=O)c3ccc(C)c(-n4cc(-c5cnn(C)c5C)nn4)c3)cc(C(F)(F)F)c2)CC1. The third kappa shape index (κ3) is 5.57. The van der Waals surface area contributed by atoms with E-state index in [4.69, 9.17) is 0 Å². The van der Waals surface area contributed by atoms with Gasteiger partial charge in [0.05, 0.1) is 23.6 Å². The number of benzene rings is 2. The minimum Gasteiger partial charge on any atom is -0.371 e. The van der Waals surface area contributed by atoms with Crippen molar-refractivity contribution in [2.75, 3.05) is 30.4 Å². The molecule has 4 aromatic rings. The van der Waals surface area contributed by atoms with Gasteiger partial charge in [0.25, 0.3) is 5.91 Å². The summed E-state index contributed by atoms with van der Waals surface area (Å²) in [5, 5.41) is 18.6. The van der Waals surface area contributed by atoms with Gasteiger partial charge in [0.15, 0.2) is 0 Å². The lowest BCUT2D eigenvalue weighted by Gasteiger charge is -2.34. The van der Waals surface area contributed by atoms with Crippen molar-refractivity contribution < 1.29 is 18.0 Å². The van der Waals surface area contributed by atoms with E-state index in [-0.39, 0.29) is 11.3 Å². The van der Waals surface area contributed by atoms with Crippen LogP contribution in [0.15, 0.2) is 48.8 Å². The molecular weight excluding hydrogens is 521 g/mol. The van der Waals surface area contributed by atoms with Gasteiger partial charge in [-0.05, 0) is 69.6 Å². The van der Waals surface area contributed by atoms with Crippen LogP contribution in [0, 0.1) is 13.8 Å². The number of carbonyl (C=O) groups is 1. The number of anilines is 2. The van der Waals surface area contributed by atoms with E-state index in [1.54, 1.807) is 46.0 Å². The van der Waals surface area contributed by atoms with E-state index < -0.39 is 17.6 Å². The molecule has 0 atom stereocenters. The second-order valence-corrected chi connectivity index (χ2v) is 10.1. The summed E-state index contributed by atoms with van der Waals surface area (Å²) >= 11 is 0. The summed E-state index contributed by atoms with van der Waals surface area (Å²) in [6.07, 6.45) is 0.570. The van der Waals surface area contributed by atoms with Crippen molar-refractivity contribution in [1.29, 1.82) is 0 Å². The van der Waals surface area contributed by atoms with Crippen LogP contribution >= 0.6 is 0 Å². The van der Waals surface area contributed by atoms with Crippen LogP contribution in [0.4, 0.5) is 24.5 Å². The first-order chi connectivity index (χ1) is 19.0. The molecule has 40 heavy (non-hydrogen) atoms. The van der Waals surface area contributed by atoms with Crippen LogP contribution in [-0.2, 0) is 13.2 Å². The van der Waals surface area contributed by atoms with E-state index in [0.29, 0.717) is 36.2 Å². The van der Waals surface area contributed by atoms with Gasteiger partial charge in [0, 0.05) is 54.4 Å². The first-order valence-electron chi connectivity index (χ1n) is 13.0. The summed E-state index contributed by atoms with van der Waals surface area (Å²) in [6.45, 7) is 5.06. The van der Waals surface area contributed by atoms with Crippen LogP contribution in [0.3, 0.4) is 0 Å². The van der Waals surface area contributed by atoms with Gasteiger partial charge in [-0.3, -0.25) is 9.48 Å². The second-order valence-electron chi connectivity index (χ2n) is 10.1. The van der Waals surface area contributed by atoms with Gasteiger partial charge >= 0.3 is 6.18 Å². The molecule has 2 aromatic carbocycles. The van der Waals surface area contributed by atoms with E-state index in [9.17, 15) is 18.0 Å². The minimum atomic E-state index is -4.55. The molecule has 2 aromatic heterocycles. The maximum absolute atomic E-state index is 13.8. The number of nitrogens with one attached hydrogen (secondary N) is 2. The summed E-state index contributed by atoms with van der Waals surface area (Å²) in [5.74, 6) is -0.524. The van der Waals surface area contributed by atoms with Crippen molar-refractivity contribution >= 4 is 17.3 Å². The van der Waals surface area contributed by atoms with Crippen molar-refractivity contribution in [3.8, 4) is 16.9 Å². The molecule has 1 aliphatic rings. The molecule has 3 heterocycles. The smallest absolute Gasteiger partial charge is 0.371 e. The zero-order chi connectivity index (χ0) is 28.6. The van der Waals surface area contributed by atoms with Crippen LogP contribution in [0.1, 0.15) is 40.0 Å². The summed E-state index contributed by atoms with van der Waals surface area (Å²) in [4.78, 5) is 15.2. The van der Waals surface area contributed by atoms with Crippen molar-refractivity contribution in [2.45, 2.75) is 38.9 Å². The molecule has 1 saturated heterocycles. The van der Waals surface area contributed by atoms with Crippen LogP contribution in [0.25, 0.3) is 16.9 Å². The van der Waals surface area contributed by atoms with Crippen LogP contribution in [-0.4, -0.2) is 56.9 Å². The molecule has 2 N–H and O–H groups in total. The average Bonchev–Trinajstić information content (AvgIpc) is 3.54. The highest BCUT2D eigenvalue weighted by molar-refractivity contribution is 6.05. The van der Waals surface area contributed by atoms with E-state index in [1.165, 1.54) is 0 Å². The van der Waals surface area contributed by atoms with Crippen LogP contribution in [0.5, 0.6) is 0 Å². The molecule has 1 aliphatic heterocycles. The second kappa shape index (κ2) is 10.8. The Labute approximate surface area is 230 Å². The Morgan fingerprint density at radius 1 is 1.07 bits per heavy atom. The fraction of sp³-hybridized carbons (Fsp3) is 0.357. The Bertz CT molecular complexity index is 1530. The average molecular weight is 553 g/mol. The normalized spacial score (nSPS) is 14.5. The van der Waals surface area contributed by atoms with Gasteiger partial charge in [-0.2, -0.15) is 18.3 Å². The Hall–Kier alpha value is -4.19. The molecule has 0 radical (unpaired) electrons. The number of alkyl halides is 3. The van der Waals surface area contributed by atoms with Crippen molar-refractivity contribution in [1.82, 2.24) is 30.1 Å². The van der Waals surface area contributed by atoms with Gasteiger partial charge in [-0.25, -0.2) is 4.68 Å². The number of amides is 1. The number of carbonyl (C=O) groups excluding carboxylic acids is 1. The number of hydrogen-bond donors (Lipinski definition) is 2. The van der Waals surface area contributed by atoms with Crippen molar-refractivity contribution in [3.05, 3.63) is 71.2 Å². The Kier molecular flexibility index (Phi) is 7.37. The van der Waals surface area contributed by atoms with E-state index >= 15 is 0 Å². The molecule has 0 bridgehead atoms. The lowest BCUT2D eigenvalue weighted by Crippen LogP contribution is -2.41. The molecule has 0 unspecified atom stereocenters. The van der Waals surface area contributed by atoms with Gasteiger partial charge in [-0.15, -0.1) is 5.10 Å². The number of aromatic nitrogens is 5. The minimum absolute atomic E-state index is 0.0859. The molecule has 0 aliphatic carbocycles. The van der Waals surface area contributed by atoms with E-state index in [0.717, 1.165) is 41.8 Å². The molecule has 9 nitrogen and oxygen atoms in total. The third-order valence-corrected chi connectivity index (χ3v) is 7.49. The monoisotopic (exact) mass is 552 g/mol. The molecule has 0 saturated carbocycles. The molecule has 0 spiro atoms. The Morgan fingerprint density at radius 3 is 2.48 bits per heavy atom. The first kappa shape index (κ1) is 27.4. The lowest BCUT2D eigenvalue weighted by atomic mass is 10.0. The number of piperidine rings is 1. The number of nitrogens with zero attached hydrogens (tertiary/aromatic N) is 6. The largest absolute Gasteiger partial charge is 0.416 e. The number of aryl methyl sites for hydroxylation is 2. The Morgan fingerprint density at radius 2 is 1.82 bits per heavy atom. The highest BCUT2D eigenvalue weighted by Crippen LogP contribution is 2.35. The maximum Gasteiger partial charge on any atom is 0.416 e. The number of rotatable bonds is 6. The van der Waals surface area contributed by atoms with Gasteiger partial charge in [0.1, 0.15) is 5.69 Å². The standard InChI is InChI=1S/C28H31F3N8O/c1-17-5-6-19(11-26(17)39-16-25(35-36-39)24-15-33-37(4)18(24)2)27(40)34-22-12-20(28(29,30)31)13-23(14-22)38-9-7-21(32-3)8-10-38/h5-6,11-16,21,32H,7-10H2,1-4H3,(H,34,40). The molecule has 5 rings (SSSR count). The molecule has 12 heteroatoms. The predicted molar refractivity (Wildman–Crippen MR) is 147 cm³/mol. The summed E-state index contributed by atoms with van der Waals surface area (Å²) < 4.78 is 44.6. The third-order valence-electron chi connectivity index (χ3n) is 7.49.